The Bertz CT molecular complexity index is 415. The van der Waals surface area contributed by atoms with Crippen molar-refractivity contribution >= 4 is 11.6 Å². The molecule has 98 valence electrons. The van der Waals surface area contributed by atoms with Crippen molar-refractivity contribution in [2.75, 3.05) is 0 Å². The molecule has 1 aromatic carbocycles. The van der Waals surface area contributed by atoms with Gasteiger partial charge in [0.25, 0.3) is 0 Å². The van der Waals surface area contributed by atoms with Gasteiger partial charge in [-0.2, -0.15) is 0 Å². The summed E-state index contributed by atoms with van der Waals surface area (Å²) >= 11 is 0. The first-order valence-corrected chi connectivity index (χ1v) is 6.50. The number of carbonyl (C=O) groups excluding carboxylic acids is 2. The second kappa shape index (κ2) is 6.48. The minimum absolute atomic E-state index is 0.0656. The van der Waals surface area contributed by atoms with Crippen LogP contribution in [0.1, 0.15) is 49.5 Å². The Kier molecular flexibility index (Phi) is 5.26. The Balaban J connectivity index is 2.72. The van der Waals surface area contributed by atoms with Crippen LogP contribution in [-0.2, 0) is 4.79 Å². The summed E-state index contributed by atoms with van der Waals surface area (Å²) in [6.07, 6.45) is 1.11. The lowest BCUT2D eigenvalue weighted by atomic mass is 9.88. The Labute approximate surface area is 109 Å². The topological polar surface area (TPSA) is 34.1 Å². The molecule has 0 spiro atoms. The van der Waals surface area contributed by atoms with Crippen molar-refractivity contribution in [3.63, 3.8) is 0 Å². The molecule has 1 unspecified atom stereocenters. The normalized spacial score (nSPS) is 12.5. The van der Waals surface area contributed by atoms with Crippen molar-refractivity contribution in [1.29, 1.82) is 0 Å². The predicted molar refractivity (Wildman–Crippen MR) is 73.8 cm³/mol. The summed E-state index contributed by atoms with van der Waals surface area (Å²) < 4.78 is 0. The van der Waals surface area contributed by atoms with Gasteiger partial charge in [-0.05, 0) is 26.2 Å². The van der Waals surface area contributed by atoms with E-state index >= 15 is 0 Å². The molecule has 0 amide bonds. The van der Waals surface area contributed by atoms with Crippen LogP contribution < -0.4 is 0 Å². The molecule has 1 rings (SSSR count). The number of aryl methyl sites for hydroxylation is 1. The molecule has 0 saturated heterocycles. The lowest BCUT2D eigenvalue weighted by Crippen LogP contribution is -2.18. The van der Waals surface area contributed by atoms with Crippen LogP contribution in [0.3, 0.4) is 0 Å². The van der Waals surface area contributed by atoms with Crippen LogP contribution in [0.15, 0.2) is 24.3 Å². The van der Waals surface area contributed by atoms with Crippen LogP contribution in [0.2, 0.25) is 0 Å². The maximum absolute atomic E-state index is 12.1. The van der Waals surface area contributed by atoms with Crippen LogP contribution >= 0.6 is 0 Å². The summed E-state index contributed by atoms with van der Waals surface area (Å²) in [6.45, 7) is 7.72. The van der Waals surface area contributed by atoms with Gasteiger partial charge in [0, 0.05) is 17.9 Å². The number of Topliss-reactive ketones (excluding diaryl/α,β-unsaturated/α-hetero) is 2. The third kappa shape index (κ3) is 4.44. The van der Waals surface area contributed by atoms with E-state index < -0.39 is 0 Å². The first kappa shape index (κ1) is 14.6. The van der Waals surface area contributed by atoms with Crippen molar-refractivity contribution in [1.82, 2.24) is 0 Å². The van der Waals surface area contributed by atoms with Gasteiger partial charge in [-0.3, -0.25) is 9.59 Å². The number of ketones is 2. The van der Waals surface area contributed by atoms with E-state index in [9.17, 15) is 9.59 Å². The highest BCUT2D eigenvalue weighted by Crippen LogP contribution is 2.19. The average molecular weight is 246 g/mol. The number of carbonyl (C=O) groups is 2. The van der Waals surface area contributed by atoms with E-state index in [2.05, 4.69) is 13.8 Å². The molecule has 0 aliphatic carbocycles. The molecular formula is C16H22O2. The summed E-state index contributed by atoms with van der Waals surface area (Å²) in [4.78, 5) is 23.6. The molecule has 0 saturated carbocycles. The molecule has 0 aromatic heterocycles. The van der Waals surface area contributed by atoms with Gasteiger partial charge < -0.3 is 0 Å². The predicted octanol–water partition coefficient (Wildman–Crippen LogP) is 3.82. The highest BCUT2D eigenvalue weighted by Gasteiger charge is 2.20. The molecule has 2 nitrogen and oxygen atoms in total. The highest BCUT2D eigenvalue weighted by atomic mass is 16.1. The number of benzene rings is 1. The Hall–Kier alpha value is -1.44. The first-order valence-electron chi connectivity index (χ1n) is 6.50. The molecule has 0 heterocycles. The maximum Gasteiger partial charge on any atom is 0.163 e. The molecule has 0 aliphatic rings. The standard InChI is InChI=1S/C16H22O2/c1-11(2)9-15(13(4)17)10-16(18)14-7-5-12(3)6-8-14/h5-8,11,15H,9-10H2,1-4H3. The third-order valence-corrected chi connectivity index (χ3v) is 3.14. The molecule has 2 heteroatoms. The smallest absolute Gasteiger partial charge is 0.163 e. The van der Waals surface area contributed by atoms with E-state index in [1.807, 2.05) is 31.2 Å². The zero-order valence-electron chi connectivity index (χ0n) is 11.7. The van der Waals surface area contributed by atoms with Crippen LogP contribution in [-0.4, -0.2) is 11.6 Å². The van der Waals surface area contributed by atoms with E-state index in [1.54, 1.807) is 6.92 Å². The molecule has 0 aliphatic heterocycles. The molecule has 0 fully saturated rings. The van der Waals surface area contributed by atoms with E-state index in [-0.39, 0.29) is 17.5 Å². The third-order valence-electron chi connectivity index (χ3n) is 3.14. The fourth-order valence-electron chi connectivity index (χ4n) is 2.04. The van der Waals surface area contributed by atoms with Crippen molar-refractivity contribution in [3.8, 4) is 0 Å². The van der Waals surface area contributed by atoms with Gasteiger partial charge in [-0.25, -0.2) is 0 Å². The number of hydrogen-bond donors (Lipinski definition) is 0. The minimum Gasteiger partial charge on any atom is -0.300 e. The van der Waals surface area contributed by atoms with Crippen LogP contribution in [0.5, 0.6) is 0 Å². The summed E-state index contributed by atoms with van der Waals surface area (Å²) in [5, 5.41) is 0. The van der Waals surface area contributed by atoms with Gasteiger partial charge in [0.15, 0.2) is 5.78 Å². The van der Waals surface area contributed by atoms with E-state index in [0.29, 0.717) is 17.9 Å². The Morgan fingerprint density at radius 1 is 1.11 bits per heavy atom. The minimum atomic E-state index is -0.140. The van der Waals surface area contributed by atoms with Gasteiger partial charge in [-0.1, -0.05) is 43.7 Å². The van der Waals surface area contributed by atoms with Crippen LogP contribution in [0, 0.1) is 18.8 Å². The van der Waals surface area contributed by atoms with Crippen molar-refractivity contribution in [2.45, 2.75) is 40.5 Å². The van der Waals surface area contributed by atoms with Gasteiger partial charge >= 0.3 is 0 Å². The van der Waals surface area contributed by atoms with Gasteiger partial charge in [0.05, 0.1) is 0 Å². The summed E-state index contributed by atoms with van der Waals surface area (Å²) in [6, 6.07) is 7.53. The second-order valence-electron chi connectivity index (χ2n) is 5.43. The Morgan fingerprint density at radius 3 is 2.11 bits per heavy atom. The van der Waals surface area contributed by atoms with E-state index in [1.165, 1.54) is 0 Å². The maximum atomic E-state index is 12.1. The summed E-state index contributed by atoms with van der Waals surface area (Å²) in [5.74, 6) is 0.475. The first-order chi connectivity index (χ1) is 8.40. The zero-order valence-corrected chi connectivity index (χ0v) is 11.7. The highest BCUT2D eigenvalue weighted by molar-refractivity contribution is 5.98. The molecule has 0 bridgehead atoms. The molecule has 0 radical (unpaired) electrons. The van der Waals surface area contributed by atoms with Crippen LogP contribution in [0.25, 0.3) is 0 Å². The fourth-order valence-corrected chi connectivity index (χ4v) is 2.04. The van der Waals surface area contributed by atoms with E-state index in [4.69, 9.17) is 0 Å². The quantitative estimate of drug-likeness (QED) is 0.715. The molecule has 18 heavy (non-hydrogen) atoms. The SMILES string of the molecule is CC(=O)C(CC(=O)c1ccc(C)cc1)CC(C)C. The van der Waals surface area contributed by atoms with Crippen LogP contribution in [0.4, 0.5) is 0 Å². The zero-order chi connectivity index (χ0) is 13.7. The van der Waals surface area contributed by atoms with Crippen molar-refractivity contribution < 1.29 is 9.59 Å². The fraction of sp³-hybridized carbons (Fsp3) is 0.500. The number of rotatable bonds is 6. The monoisotopic (exact) mass is 246 g/mol. The largest absolute Gasteiger partial charge is 0.300 e. The second-order valence-corrected chi connectivity index (χ2v) is 5.43. The van der Waals surface area contributed by atoms with Crippen molar-refractivity contribution in [3.05, 3.63) is 35.4 Å². The molecule has 1 aromatic rings. The average Bonchev–Trinajstić information content (AvgIpc) is 2.28. The lowest BCUT2D eigenvalue weighted by Gasteiger charge is -2.15. The molecular weight excluding hydrogens is 224 g/mol. The van der Waals surface area contributed by atoms with E-state index in [0.717, 1.165) is 12.0 Å². The number of hydrogen-bond acceptors (Lipinski definition) is 2. The molecule has 1 atom stereocenters. The summed E-state index contributed by atoms with van der Waals surface area (Å²) in [7, 11) is 0. The van der Waals surface area contributed by atoms with Gasteiger partial charge in [-0.15, -0.1) is 0 Å². The Morgan fingerprint density at radius 2 is 1.67 bits per heavy atom. The van der Waals surface area contributed by atoms with Crippen molar-refractivity contribution in [2.24, 2.45) is 11.8 Å². The molecule has 0 N–H and O–H groups in total. The summed E-state index contributed by atoms with van der Waals surface area (Å²) in [5.41, 5.74) is 1.84. The van der Waals surface area contributed by atoms with Gasteiger partial charge in [0.1, 0.15) is 5.78 Å². The lowest BCUT2D eigenvalue weighted by molar-refractivity contribution is -0.121. The van der Waals surface area contributed by atoms with Gasteiger partial charge in [0.2, 0.25) is 0 Å².